The molecular formula is C16H15F2NO4. The average molecular weight is 323 g/mol. The van der Waals surface area contributed by atoms with E-state index in [2.05, 4.69) is 0 Å². The molecule has 0 spiro atoms. The van der Waals surface area contributed by atoms with E-state index in [9.17, 15) is 18.4 Å². The molecule has 1 saturated carbocycles. The number of rotatable bonds is 4. The second kappa shape index (κ2) is 5.42. The first-order chi connectivity index (χ1) is 10.9. The molecule has 23 heavy (non-hydrogen) atoms. The quantitative estimate of drug-likeness (QED) is 0.903. The van der Waals surface area contributed by atoms with Crippen LogP contribution in [0.5, 0.6) is 0 Å². The van der Waals surface area contributed by atoms with E-state index in [0.29, 0.717) is 6.42 Å². The second-order valence-corrected chi connectivity index (χ2v) is 5.73. The Morgan fingerprint density at radius 3 is 2.65 bits per heavy atom. The molecule has 5 nitrogen and oxygen atoms in total. The summed E-state index contributed by atoms with van der Waals surface area (Å²) in [6, 6.07) is 0.904. The van der Waals surface area contributed by atoms with Crippen molar-refractivity contribution in [2.45, 2.75) is 25.8 Å². The highest BCUT2D eigenvalue weighted by atomic mass is 19.1. The minimum atomic E-state index is -1.44. The minimum Gasteiger partial charge on any atom is -0.477 e. The summed E-state index contributed by atoms with van der Waals surface area (Å²) < 4.78 is 30.5. The van der Waals surface area contributed by atoms with Crippen molar-refractivity contribution < 1.29 is 23.8 Å². The van der Waals surface area contributed by atoms with Gasteiger partial charge in [0.25, 0.3) is 0 Å². The number of aliphatic hydroxyl groups is 1. The number of hydrogen-bond donors (Lipinski definition) is 2. The number of benzene rings is 1. The summed E-state index contributed by atoms with van der Waals surface area (Å²) in [5.41, 5.74) is -1.66. The molecule has 1 aliphatic rings. The summed E-state index contributed by atoms with van der Waals surface area (Å²) in [4.78, 5) is 23.3. The highest BCUT2D eigenvalue weighted by Crippen LogP contribution is 2.49. The standard InChI is InChI=1S/C16H15F2NO4/c1-2-19-5-10(16(22)23)15(21)9-4-11(17)12(13(18)14(9)19)8-3-7(8)6-20/h4-5,7-8,20H,2-3,6H2,1H3,(H,22,23). The second-order valence-electron chi connectivity index (χ2n) is 5.73. The molecule has 122 valence electrons. The number of fused-ring (bicyclic) bond motifs is 1. The molecule has 1 fully saturated rings. The van der Waals surface area contributed by atoms with Crippen molar-refractivity contribution in [1.29, 1.82) is 0 Å². The molecule has 0 aliphatic heterocycles. The molecule has 1 heterocycles. The summed E-state index contributed by atoms with van der Waals surface area (Å²) in [6.07, 6.45) is 1.56. The lowest BCUT2D eigenvalue weighted by atomic mass is 10.0. The van der Waals surface area contributed by atoms with Crippen molar-refractivity contribution in [1.82, 2.24) is 4.57 Å². The lowest BCUT2D eigenvalue weighted by Gasteiger charge is -2.14. The van der Waals surface area contributed by atoms with Crippen LogP contribution in [-0.4, -0.2) is 27.4 Å². The number of aromatic carboxylic acids is 1. The number of aryl methyl sites for hydroxylation is 1. The molecular weight excluding hydrogens is 308 g/mol. The third kappa shape index (κ3) is 2.31. The van der Waals surface area contributed by atoms with Crippen LogP contribution in [0.25, 0.3) is 10.9 Å². The summed E-state index contributed by atoms with van der Waals surface area (Å²) >= 11 is 0. The van der Waals surface area contributed by atoms with E-state index >= 15 is 0 Å². The number of nitrogens with zero attached hydrogens (tertiary/aromatic N) is 1. The maximum atomic E-state index is 14.9. The first-order valence-electron chi connectivity index (χ1n) is 7.29. The van der Waals surface area contributed by atoms with E-state index in [4.69, 9.17) is 10.2 Å². The average Bonchev–Trinajstić information content (AvgIpc) is 3.27. The number of aromatic nitrogens is 1. The van der Waals surface area contributed by atoms with Crippen molar-refractivity contribution in [2.24, 2.45) is 5.92 Å². The molecule has 3 rings (SSSR count). The van der Waals surface area contributed by atoms with Gasteiger partial charge in [-0.2, -0.15) is 0 Å². The smallest absolute Gasteiger partial charge is 0.341 e. The molecule has 2 unspecified atom stereocenters. The molecule has 1 aromatic carbocycles. The first kappa shape index (κ1) is 15.6. The molecule has 0 saturated heterocycles. The Kier molecular flexibility index (Phi) is 3.68. The predicted octanol–water partition coefficient (Wildman–Crippen LogP) is 2.09. The third-order valence-electron chi connectivity index (χ3n) is 4.39. The van der Waals surface area contributed by atoms with Gasteiger partial charge in [-0.05, 0) is 31.2 Å². The normalized spacial score (nSPS) is 20.0. The van der Waals surface area contributed by atoms with Gasteiger partial charge in [-0.1, -0.05) is 0 Å². The molecule has 1 aliphatic carbocycles. The largest absolute Gasteiger partial charge is 0.477 e. The molecule has 0 radical (unpaired) electrons. The number of hydrogen-bond acceptors (Lipinski definition) is 3. The van der Waals surface area contributed by atoms with E-state index in [1.54, 1.807) is 6.92 Å². The lowest BCUT2D eigenvalue weighted by molar-refractivity contribution is 0.0695. The van der Waals surface area contributed by atoms with Crippen LogP contribution in [0.1, 0.15) is 35.2 Å². The van der Waals surface area contributed by atoms with Gasteiger partial charge in [-0.25, -0.2) is 13.6 Å². The van der Waals surface area contributed by atoms with Crippen molar-refractivity contribution >= 4 is 16.9 Å². The number of aliphatic hydroxyl groups excluding tert-OH is 1. The lowest BCUT2D eigenvalue weighted by Crippen LogP contribution is -2.20. The van der Waals surface area contributed by atoms with Gasteiger partial charge in [0.2, 0.25) is 5.43 Å². The van der Waals surface area contributed by atoms with E-state index in [-0.39, 0.29) is 35.5 Å². The Bertz CT molecular complexity index is 875. The van der Waals surface area contributed by atoms with Crippen LogP contribution < -0.4 is 5.43 Å². The fourth-order valence-electron chi connectivity index (χ4n) is 3.05. The van der Waals surface area contributed by atoms with E-state index in [0.717, 1.165) is 12.3 Å². The molecule has 2 atom stereocenters. The van der Waals surface area contributed by atoms with Gasteiger partial charge >= 0.3 is 5.97 Å². The van der Waals surface area contributed by atoms with Crippen molar-refractivity contribution in [3.8, 4) is 0 Å². The highest BCUT2D eigenvalue weighted by molar-refractivity contribution is 5.93. The van der Waals surface area contributed by atoms with Crippen LogP contribution >= 0.6 is 0 Å². The van der Waals surface area contributed by atoms with E-state index in [1.165, 1.54) is 4.57 Å². The fourth-order valence-corrected chi connectivity index (χ4v) is 3.05. The maximum absolute atomic E-state index is 14.9. The Morgan fingerprint density at radius 2 is 2.13 bits per heavy atom. The molecule has 2 aromatic rings. The third-order valence-corrected chi connectivity index (χ3v) is 4.39. The van der Waals surface area contributed by atoms with Crippen molar-refractivity contribution in [3.05, 3.63) is 45.2 Å². The van der Waals surface area contributed by atoms with E-state index < -0.39 is 34.5 Å². The summed E-state index contributed by atoms with van der Waals surface area (Å²) in [5, 5.41) is 17.9. The van der Waals surface area contributed by atoms with Gasteiger partial charge in [0.1, 0.15) is 11.4 Å². The van der Waals surface area contributed by atoms with Crippen LogP contribution in [0.15, 0.2) is 17.1 Å². The fraction of sp³-hybridized carbons (Fsp3) is 0.375. The molecule has 0 bridgehead atoms. The van der Waals surface area contributed by atoms with E-state index in [1.807, 2.05) is 0 Å². The van der Waals surface area contributed by atoms with Crippen molar-refractivity contribution in [2.75, 3.05) is 6.61 Å². The minimum absolute atomic E-state index is 0.0949. The Balaban J connectivity index is 2.36. The van der Waals surface area contributed by atoms with Gasteiger partial charge in [0, 0.05) is 24.9 Å². The zero-order valence-corrected chi connectivity index (χ0v) is 12.3. The van der Waals surface area contributed by atoms with Crippen LogP contribution in [0.3, 0.4) is 0 Å². The Hall–Kier alpha value is -2.28. The number of carboxylic acids is 1. The predicted molar refractivity (Wildman–Crippen MR) is 78.7 cm³/mol. The zero-order chi connectivity index (χ0) is 16.9. The monoisotopic (exact) mass is 323 g/mol. The summed E-state index contributed by atoms with van der Waals surface area (Å²) in [5.74, 6) is -3.76. The molecule has 0 amide bonds. The SMILES string of the molecule is CCn1cc(C(=O)O)c(=O)c2cc(F)c(C3CC3CO)c(F)c21. The Morgan fingerprint density at radius 1 is 1.43 bits per heavy atom. The number of pyridine rings is 1. The topological polar surface area (TPSA) is 79.5 Å². The van der Waals surface area contributed by atoms with Gasteiger partial charge in [0.15, 0.2) is 5.82 Å². The number of carboxylic acid groups (broad SMARTS) is 1. The Labute approximate surface area is 129 Å². The maximum Gasteiger partial charge on any atom is 0.341 e. The number of halogens is 2. The van der Waals surface area contributed by atoms with Crippen LogP contribution in [0.2, 0.25) is 0 Å². The van der Waals surface area contributed by atoms with Crippen LogP contribution in [-0.2, 0) is 6.54 Å². The van der Waals surface area contributed by atoms with Crippen molar-refractivity contribution in [3.63, 3.8) is 0 Å². The van der Waals surface area contributed by atoms with Gasteiger partial charge in [-0.3, -0.25) is 4.79 Å². The number of carbonyl (C=O) groups is 1. The molecule has 1 aromatic heterocycles. The summed E-state index contributed by atoms with van der Waals surface area (Å²) in [6.45, 7) is 1.75. The molecule has 7 heteroatoms. The van der Waals surface area contributed by atoms with Gasteiger partial charge < -0.3 is 14.8 Å². The van der Waals surface area contributed by atoms with Gasteiger partial charge in [-0.15, -0.1) is 0 Å². The highest BCUT2D eigenvalue weighted by Gasteiger charge is 2.42. The molecule has 2 N–H and O–H groups in total. The summed E-state index contributed by atoms with van der Waals surface area (Å²) in [7, 11) is 0. The first-order valence-corrected chi connectivity index (χ1v) is 7.29. The zero-order valence-electron chi connectivity index (χ0n) is 12.3. The van der Waals surface area contributed by atoms with Gasteiger partial charge in [0.05, 0.1) is 10.9 Å². The van der Waals surface area contributed by atoms with Crippen LogP contribution in [0.4, 0.5) is 8.78 Å². The van der Waals surface area contributed by atoms with Crippen LogP contribution in [0, 0.1) is 17.6 Å².